The van der Waals surface area contributed by atoms with E-state index in [9.17, 15) is 9.18 Å². The molecule has 9 heteroatoms. The highest BCUT2D eigenvalue weighted by Gasteiger charge is 2.29. The Hall–Kier alpha value is -3.68. The van der Waals surface area contributed by atoms with E-state index in [1.165, 1.54) is 34.9 Å². The number of nitrogens with zero attached hydrogens (tertiary/aromatic N) is 2. The summed E-state index contributed by atoms with van der Waals surface area (Å²) >= 11 is 12.2. The van der Waals surface area contributed by atoms with E-state index in [1.54, 1.807) is 19.2 Å². The Morgan fingerprint density at radius 2 is 1.86 bits per heavy atom. The minimum Gasteiger partial charge on any atom is -0.461 e. The molecule has 0 unspecified atom stereocenters. The van der Waals surface area contributed by atoms with Crippen molar-refractivity contribution in [3.8, 4) is 28.3 Å². The van der Waals surface area contributed by atoms with Crippen molar-refractivity contribution in [2.24, 2.45) is 0 Å². The van der Waals surface area contributed by atoms with Crippen molar-refractivity contribution in [1.29, 1.82) is 0 Å². The van der Waals surface area contributed by atoms with Crippen LogP contribution in [-0.2, 0) is 4.74 Å². The summed E-state index contributed by atoms with van der Waals surface area (Å²) in [5.74, 6) is -1.80. The molecule has 3 aromatic carbocycles. The van der Waals surface area contributed by atoms with Crippen LogP contribution in [0.4, 0.5) is 8.78 Å². The Balaban J connectivity index is 1.93. The van der Waals surface area contributed by atoms with Crippen LogP contribution in [0.15, 0.2) is 66.9 Å². The molecule has 35 heavy (non-hydrogen) atoms. The van der Waals surface area contributed by atoms with Gasteiger partial charge in [-0.2, -0.15) is 0 Å². The van der Waals surface area contributed by atoms with Gasteiger partial charge in [0.1, 0.15) is 11.6 Å². The largest absolute Gasteiger partial charge is 0.461 e. The molecule has 176 valence electrons. The van der Waals surface area contributed by atoms with Gasteiger partial charge in [0, 0.05) is 28.2 Å². The van der Waals surface area contributed by atoms with Crippen LogP contribution in [0, 0.1) is 11.6 Å². The van der Waals surface area contributed by atoms with Gasteiger partial charge in [0.2, 0.25) is 0 Å². The quantitative estimate of drug-likeness (QED) is 0.249. The molecule has 5 rings (SSSR count). The van der Waals surface area contributed by atoms with E-state index in [0.29, 0.717) is 11.1 Å². The summed E-state index contributed by atoms with van der Waals surface area (Å²) in [7, 11) is 0. The van der Waals surface area contributed by atoms with Crippen molar-refractivity contribution in [2.75, 3.05) is 6.61 Å². The van der Waals surface area contributed by atoms with Gasteiger partial charge in [-0.05, 0) is 43.3 Å². The van der Waals surface area contributed by atoms with Crippen LogP contribution in [0.1, 0.15) is 17.4 Å². The van der Waals surface area contributed by atoms with Crippen LogP contribution in [0.2, 0.25) is 10.0 Å². The van der Waals surface area contributed by atoms with Crippen molar-refractivity contribution in [2.45, 2.75) is 6.92 Å². The summed E-state index contributed by atoms with van der Waals surface area (Å²) in [6, 6.07) is 16.0. The van der Waals surface area contributed by atoms with E-state index >= 15 is 4.39 Å². The Bertz CT molecular complexity index is 1590. The molecule has 0 aliphatic heterocycles. The van der Waals surface area contributed by atoms with Gasteiger partial charge < -0.3 is 9.72 Å². The summed E-state index contributed by atoms with van der Waals surface area (Å²) in [4.78, 5) is 20.8. The maximum atomic E-state index is 15.4. The molecule has 5 aromatic rings. The minimum absolute atomic E-state index is 0.0521. The number of halogens is 4. The number of aromatic nitrogens is 3. The molecule has 0 radical (unpaired) electrons. The van der Waals surface area contributed by atoms with Crippen molar-refractivity contribution in [1.82, 2.24) is 14.5 Å². The van der Waals surface area contributed by atoms with Gasteiger partial charge >= 0.3 is 5.97 Å². The van der Waals surface area contributed by atoms with Gasteiger partial charge in [-0.25, -0.2) is 18.6 Å². The normalized spacial score (nSPS) is 11.2. The summed E-state index contributed by atoms with van der Waals surface area (Å²) in [5, 5.41) is 0.535. The third-order valence-corrected chi connectivity index (χ3v) is 6.12. The lowest BCUT2D eigenvalue weighted by Gasteiger charge is -2.15. The molecule has 0 amide bonds. The number of H-pyrrole nitrogens is 1. The zero-order chi connectivity index (χ0) is 24.7. The lowest BCUT2D eigenvalue weighted by Crippen LogP contribution is -2.08. The van der Waals surface area contributed by atoms with E-state index in [1.807, 2.05) is 24.3 Å². The monoisotopic (exact) mass is 511 g/mol. The number of benzene rings is 3. The van der Waals surface area contributed by atoms with Gasteiger partial charge in [0.05, 0.1) is 28.0 Å². The Morgan fingerprint density at radius 1 is 1.06 bits per heavy atom. The van der Waals surface area contributed by atoms with Crippen molar-refractivity contribution < 1.29 is 18.3 Å². The van der Waals surface area contributed by atoms with E-state index < -0.39 is 17.6 Å². The maximum Gasteiger partial charge on any atom is 0.359 e. The van der Waals surface area contributed by atoms with E-state index in [2.05, 4.69) is 9.97 Å². The molecule has 0 saturated heterocycles. The zero-order valence-corrected chi connectivity index (χ0v) is 19.8. The van der Waals surface area contributed by atoms with Crippen molar-refractivity contribution in [3.63, 3.8) is 0 Å². The van der Waals surface area contributed by atoms with E-state index in [4.69, 9.17) is 27.9 Å². The molecule has 1 N–H and O–H groups in total. The second kappa shape index (κ2) is 9.17. The standard InChI is InChI=1S/C26H17Cl2F2N3O2/c1-2-35-26(34)23-24(14-10-11-19(29)18(28)12-14)33(21-9-5-7-17(27)22(21)30)25(32-23)16-13-31-20-8-4-3-6-15(16)20/h3-13,31H,2H2,1H3. The second-order valence-electron chi connectivity index (χ2n) is 7.64. The lowest BCUT2D eigenvalue weighted by atomic mass is 10.1. The number of carbonyl (C=O) groups excluding carboxylic acids is 1. The molecule has 0 aliphatic carbocycles. The molecule has 5 nitrogen and oxygen atoms in total. The fourth-order valence-electron chi connectivity index (χ4n) is 4.01. The first kappa shape index (κ1) is 23.1. The number of ether oxygens (including phenoxy) is 1. The number of esters is 1. The zero-order valence-electron chi connectivity index (χ0n) is 18.3. The average Bonchev–Trinajstić information content (AvgIpc) is 3.44. The SMILES string of the molecule is CCOC(=O)c1nc(-c2c[nH]c3ccccc23)n(-c2cccc(Cl)c2F)c1-c1ccc(F)c(Cl)c1. The molecular weight excluding hydrogens is 495 g/mol. The Morgan fingerprint density at radius 3 is 2.63 bits per heavy atom. The number of carbonyl (C=O) groups is 1. The fraction of sp³-hybridized carbons (Fsp3) is 0.0769. The number of imidazole rings is 1. The first-order valence-electron chi connectivity index (χ1n) is 10.7. The highest BCUT2D eigenvalue weighted by molar-refractivity contribution is 6.31. The van der Waals surface area contributed by atoms with Crippen LogP contribution < -0.4 is 0 Å². The number of hydrogen-bond donors (Lipinski definition) is 1. The molecule has 0 atom stereocenters. The number of aromatic amines is 1. The number of nitrogens with one attached hydrogen (secondary N) is 1. The molecule has 0 aliphatic rings. The molecule has 2 aromatic heterocycles. The fourth-order valence-corrected chi connectivity index (χ4v) is 4.36. The third-order valence-electron chi connectivity index (χ3n) is 5.54. The predicted octanol–water partition coefficient (Wildman–Crippen LogP) is 7.45. The highest BCUT2D eigenvalue weighted by atomic mass is 35.5. The van der Waals surface area contributed by atoms with E-state index in [-0.39, 0.29) is 39.6 Å². The Kier molecular flexibility index (Phi) is 6.05. The number of para-hydroxylation sites is 1. The van der Waals surface area contributed by atoms with Crippen molar-refractivity contribution in [3.05, 3.63) is 94.2 Å². The average molecular weight is 512 g/mol. The van der Waals surface area contributed by atoms with E-state index in [0.717, 1.165) is 10.9 Å². The van der Waals surface area contributed by atoms with Crippen LogP contribution >= 0.6 is 23.2 Å². The maximum absolute atomic E-state index is 15.4. The van der Waals surface area contributed by atoms with Crippen LogP contribution in [-0.4, -0.2) is 27.1 Å². The van der Waals surface area contributed by atoms with Crippen LogP contribution in [0.25, 0.3) is 39.2 Å². The molecular formula is C26H17Cl2F2N3O2. The highest BCUT2D eigenvalue weighted by Crippen LogP contribution is 2.39. The molecule has 2 heterocycles. The van der Waals surface area contributed by atoms with Crippen molar-refractivity contribution >= 4 is 40.1 Å². The minimum atomic E-state index is -0.717. The third kappa shape index (κ3) is 3.96. The first-order valence-corrected chi connectivity index (χ1v) is 11.4. The van der Waals surface area contributed by atoms with Gasteiger partial charge in [-0.3, -0.25) is 4.57 Å². The molecule has 0 spiro atoms. The summed E-state index contributed by atoms with van der Waals surface area (Å²) in [5.41, 5.74) is 1.95. The Labute approximate surface area is 208 Å². The second-order valence-corrected chi connectivity index (χ2v) is 8.45. The number of fused-ring (bicyclic) bond motifs is 1. The molecule has 0 saturated carbocycles. The molecule has 0 fully saturated rings. The topological polar surface area (TPSA) is 59.9 Å². The van der Waals surface area contributed by atoms with Crippen LogP contribution in [0.3, 0.4) is 0 Å². The summed E-state index contributed by atoms with van der Waals surface area (Å²) in [6.45, 7) is 1.77. The lowest BCUT2D eigenvalue weighted by molar-refractivity contribution is 0.0521. The van der Waals surface area contributed by atoms with Gasteiger partial charge in [0.15, 0.2) is 11.5 Å². The number of rotatable bonds is 5. The van der Waals surface area contributed by atoms with Gasteiger partial charge in [0.25, 0.3) is 0 Å². The molecule has 0 bridgehead atoms. The number of hydrogen-bond acceptors (Lipinski definition) is 3. The summed E-state index contributed by atoms with van der Waals surface area (Å²) in [6.07, 6.45) is 1.72. The predicted molar refractivity (Wildman–Crippen MR) is 132 cm³/mol. The van der Waals surface area contributed by atoms with Crippen LogP contribution in [0.5, 0.6) is 0 Å². The smallest absolute Gasteiger partial charge is 0.359 e. The van der Waals surface area contributed by atoms with Gasteiger partial charge in [-0.15, -0.1) is 0 Å². The van der Waals surface area contributed by atoms with Gasteiger partial charge in [-0.1, -0.05) is 47.5 Å². The summed E-state index contributed by atoms with van der Waals surface area (Å²) < 4.78 is 36.2. The first-order chi connectivity index (χ1) is 16.9.